The van der Waals surface area contributed by atoms with Crippen molar-refractivity contribution in [2.45, 2.75) is 58.9 Å². The molecular formula is C35H39N3O2. The molecule has 3 heterocycles. The highest BCUT2D eigenvalue weighted by molar-refractivity contribution is 6.14. The summed E-state index contributed by atoms with van der Waals surface area (Å²) in [6.45, 7) is 11.2. The Kier molecular flexibility index (Phi) is 6.17. The molecular weight excluding hydrogens is 494 g/mol. The Morgan fingerprint density at radius 1 is 0.975 bits per heavy atom. The number of benzene rings is 3. The summed E-state index contributed by atoms with van der Waals surface area (Å²) in [6.07, 6.45) is 3.19. The summed E-state index contributed by atoms with van der Waals surface area (Å²) in [5.41, 5.74) is 5.33. The molecule has 2 aliphatic rings. The largest absolute Gasteiger partial charge is 0.351 e. The maximum absolute atomic E-state index is 14.8. The molecule has 0 bridgehead atoms. The van der Waals surface area contributed by atoms with Crippen molar-refractivity contribution in [1.29, 1.82) is 0 Å². The first-order valence-electron chi connectivity index (χ1n) is 14.4. The summed E-state index contributed by atoms with van der Waals surface area (Å²) < 4.78 is 2.13. The molecule has 1 saturated heterocycles. The zero-order valence-corrected chi connectivity index (χ0v) is 24.4. The highest BCUT2D eigenvalue weighted by atomic mass is 16.2. The smallest absolute Gasteiger partial charge is 0.244 e. The average molecular weight is 534 g/mol. The molecule has 0 radical (unpaired) electrons. The third-order valence-electron chi connectivity index (χ3n) is 8.76. The van der Waals surface area contributed by atoms with E-state index >= 15 is 0 Å². The topological polar surface area (TPSA) is 45.6 Å². The molecule has 5 nitrogen and oxygen atoms in total. The first kappa shape index (κ1) is 26.4. The van der Waals surface area contributed by atoms with Crippen LogP contribution in [-0.4, -0.2) is 33.9 Å². The van der Waals surface area contributed by atoms with Crippen LogP contribution in [-0.2, 0) is 22.1 Å². The predicted octanol–water partition coefficient (Wildman–Crippen LogP) is 7.45. The van der Waals surface area contributed by atoms with E-state index in [4.69, 9.17) is 0 Å². The zero-order valence-electron chi connectivity index (χ0n) is 24.4. The van der Waals surface area contributed by atoms with Crippen molar-refractivity contribution in [2.24, 2.45) is 18.4 Å². The number of hydrogen-bond acceptors (Lipinski definition) is 2. The second-order valence-electron chi connectivity index (χ2n) is 13.1. The Balaban J connectivity index is 1.43. The number of likely N-dealkylation sites (tertiary alicyclic amines) is 1. The van der Waals surface area contributed by atoms with Crippen molar-refractivity contribution in [3.63, 3.8) is 0 Å². The highest BCUT2D eigenvalue weighted by Gasteiger charge is 2.62. The van der Waals surface area contributed by atoms with Gasteiger partial charge < -0.3 is 9.47 Å². The van der Waals surface area contributed by atoms with Crippen molar-refractivity contribution in [1.82, 2.24) is 9.47 Å². The van der Waals surface area contributed by atoms with Gasteiger partial charge in [-0.25, -0.2) is 0 Å². The lowest BCUT2D eigenvalue weighted by Crippen LogP contribution is -2.53. The molecule has 3 aromatic carbocycles. The number of aromatic nitrogens is 1. The van der Waals surface area contributed by atoms with E-state index in [2.05, 4.69) is 101 Å². The fraction of sp³-hybridized carbons (Fsp3) is 0.371. The SMILES string of the molecule is CC(C)C1N(C(=O)CC(C)(C)C)CC[C@@]12C(=O)N(c1cccc(-c3ccc4ccn(C)c4c3)c1)c1ccccc12. The Hall–Kier alpha value is -3.86. The van der Waals surface area contributed by atoms with Crippen LogP contribution >= 0.6 is 0 Å². The molecule has 1 unspecified atom stereocenters. The van der Waals surface area contributed by atoms with Crippen LogP contribution in [0.2, 0.25) is 0 Å². The molecule has 1 fully saturated rings. The van der Waals surface area contributed by atoms with E-state index in [1.165, 1.54) is 10.9 Å². The molecule has 5 heteroatoms. The maximum atomic E-state index is 14.8. The number of nitrogens with zero attached hydrogens (tertiary/aromatic N) is 3. The number of hydrogen-bond donors (Lipinski definition) is 0. The normalized spacial score (nSPS) is 20.8. The van der Waals surface area contributed by atoms with Gasteiger partial charge in [-0.2, -0.15) is 0 Å². The van der Waals surface area contributed by atoms with Gasteiger partial charge in [-0.1, -0.05) is 77.1 Å². The number of aryl methyl sites for hydroxylation is 1. The number of anilines is 2. The minimum Gasteiger partial charge on any atom is -0.351 e. The summed E-state index contributed by atoms with van der Waals surface area (Å²) >= 11 is 0. The van der Waals surface area contributed by atoms with Crippen LogP contribution in [0.15, 0.2) is 79.0 Å². The monoisotopic (exact) mass is 533 g/mol. The number of amides is 2. The Morgan fingerprint density at radius 2 is 1.73 bits per heavy atom. The van der Waals surface area contributed by atoms with E-state index in [9.17, 15) is 9.59 Å². The Morgan fingerprint density at radius 3 is 2.48 bits per heavy atom. The van der Waals surface area contributed by atoms with Crippen molar-refractivity contribution < 1.29 is 9.59 Å². The van der Waals surface area contributed by atoms with Crippen LogP contribution in [0.1, 0.15) is 53.0 Å². The van der Waals surface area contributed by atoms with E-state index in [0.717, 1.165) is 28.1 Å². The van der Waals surface area contributed by atoms with Gasteiger partial charge in [0.15, 0.2) is 0 Å². The van der Waals surface area contributed by atoms with E-state index in [1.807, 2.05) is 34.1 Å². The van der Waals surface area contributed by atoms with Gasteiger partial charge >= 0.3 is 0 Å². The molecule has 0 N–H and O–H groups in total. The van der Waals surface area contributed by atoms with Crippen molar-refractivity contribution in [2.75, 3.05) is 11.4 Å². The van der Waals surface area contributed by atoms with Crippen LogP contribution in [0, 0.1) is 11.3 Å². The minimum atomic E-state index is -0.754. The van der Waals surface area contributed by atoms with Crippen molar-refractivity contribution in [3.8, 4) is 11.1 Å². The van der Waals surface area contributed by atoms with E-state index in [1.54, 1.807) is 0 Å². The van der Waals surface area contributed by atoms with Crippen molar-refractivity contribution >= 4 is 34.1 Å². The van der Waals surface area contributed by atoms with E-state index in [-0.39, 0.29) is 29.2 Å². The van der Waals surface area contributed by atoms with Gasteiger partial charge in [0, 0.05) is 37.4 Å². The number of rotatable bonds is 4. The standard InChI is InChI=1S/C35H39N3O2/c1-23(2)32-35(17-19-37(32)31(39)22-34(3,4)5)28-12-7-8-13-29(28)38(33(35)40)27-11-9-10-25(20-27)26-15-14-24-16-18-36(6)30(24)21-26/h7-16,18,20-21,23,32H,17,19,22H2,1-6H3/t32?,35-/m0/s1. The lowest BCUT2D eigenvalue weighted by Gasteiger charge is -2.38. The van der Waals surface area contributed by atoms with Gasteiger partial charge in [0.25, 0.3) is 0 Å². The Bertz CT molecular complexity index is 1630. The fourth-order valence-electron chi connectivity index (χ4n) is 7.13. The number of carbonyl (C=O) groups excluding carboxylic acids is 2. The molecule has 4 aromatic rings. The predicted molar refractivity (Wildman–Crippen MR) is 163 cm³/mol. The first-order valence-corrected chi connectivity index (χ1v) is 14.4. The van der Waals surface area contributed by atoms with Crippen LogP contribution in [0.4, 0.5) is 11.4 Å². The third kappa shape index (κ3) is 4.06. The summed E-state index contributed by atoms with van der Waals surface area (Å²) in [7, 11) is 2.06. The second-order valence-corrected chi connectivity index (χ2v) is 13.1. The third-order valence-corrected chi connectivity index (χ3v) is 8.76. The number of para-hydroxylation sites is 1. The Labute approximate surface area is 237 Å². The molecule has 2 aliphatic heterocycles. The number of carbonyl (C=O) groups is 2. The molecule has 2 amide bonds. The second kappa shape index (κ2) is 9.36. The van der Waals surface area contributed by atoms with Crippen LogP contribution in [0.5, 0.6) is 0 Å². The van der Waals surface area contributed by atoms with Gasteiger partial charge in [0.2, 0.25) is 11.8 Å². The molecule has 0 aliphatic carbocycles. The van der Waals surface area contributed by atoms with Gasteiger partial charge in [0.1, 0.15) is 0 Å². The first-order chi connectivity index (χ1) is 19.0. The quantitative estimate of drug-likeness (QED) is 0.273. The summed E-state index contributed by atoms with van der Waals surface area (Å²) in [4.78, 5) is 32.3. The van der Waals surface area contributed by atoms with Crippen LogP contribution in [0.3, 0.4) is 0 Å². The molecule has 6 rings (SSSR count). The summed E-state index contributed by atoms with van der Waals surface area (Å²) in [6, 6.07) is 24.9. The van der Waals surface area contributed by atoms with Gasteiger partial charge in [0.05, 0.1) is 17.1 Å². The lowest BCUT2D eigenvalue weighted by atomic mass is 9.71. The lowest BCUT2D eigenvalue weighted by molar-refractivity contribution is -0.136. The molecule has 2 atom stereocenters. The van der Waals surface area contributed by atoms with Gasteiger partial charge in [-0.05, 0) is 70.2 Å². The summed E-state index contributed by atoms with van der Waals surface area (Å²) in [5.74, 6) is 0.352. The molecule has 1 spiro atoms. The maximum Gasteiger partial charge on any atom is 0.244 e. The highest BCUT2D eigenvalue weighted by Crippen LogP contribution is 2.55. The molecule has 0 saturated carbocycles. The molecule has 206 valence electrons. The van der Waals surface area contributed by atoms with Gasteiger partial charge in [-0.3, -0.25) is 14.5 Å². The summed E-state index contributed by atoms with van der Waals surface area (Å²) in [5, 5.41) is 1.21. The average Bonchev–Trinajstić information content (AvgIpc) is 3.57. The number of fused-ring (bicyclic) bond motifs is 3. The minimum absolute atomic E-state index is 0.0773. The molecule has 1 aromatic heterocycles. The van der Waals surface area contributed by atoms with E-state index < -0.39 is 5.41 Å². The zero-order chi connectivity index (χ0) is 28.4. The van der Waals surface area contributed by atoms with Gasteiger partial charge in [-0.15, -0.1) is 0 Å². The fourth-order valence-corrected chi connectivity index (χ4v) is 7.13. The van der Waals surface area contributed by atoms with Crippen LogP contribution < -0.4 is 4.90 Å². The van der Waals surface area contributed by atoms with Crippen LogP contribution in [0.25, 0.3) is 22.0 Å². The van der Waals surface area contributed by atoms with E-state index in [0.29, 0.717) is 19.4 Å². The molecule has 40 heavy (non-hydrogen) atoms. The van der Waals surface area contributed by atoms with Crippen molar-refractivity contribution in [3.05, 3.63) is 84.6 Å².